The topological polar surface area (TPSA) is 75.2 Å². The van der Waals surface area contributed by atoms with E-state index >= 15 is 0 Å². The Morgan fingerprint density at radius 3 is 2.25 bits per heavy atom. The van der Waals surface area contributed by atoms with E-state index < -0.39 is 0 Å². The van der Waals surface area contributed by atoms with E-state index in [1.165, 1.54) is 5.56 Å². The molecule has 1 atom stereocenters. The molecule has 1 aliphatic rings. The minimum Gasteiger partial charge on any atom is -0.497 e. The zero-order valence-electron chi connectivity index (χ0n) is 19.0. The normalized spacial score (nSPS) is 15.7. The number of rotatable bonds is 8. The Morgan fingerprint density at radius 2 is 1.66 bits per heavy atom. The zero-order valence-corrected chi connectivity index (χ0v) is 21.3. The molecule has 1 unspecified atom stereocenters. The summed E-state index contributed by atoms with van der Waals surface area (Å²) in [5.41, 5.74) is 1.93. The summed E-state index contributed by atoms with van der Waals surface area (Å²) in [6.07, 6.45) is 1.09. The monoisotopic (exact) mass is 552 g/mol. The Labute approximate surface area is 207 Å². The predicted octanol–water partition coefficient (Wildman–Crippen LogP) is 3.51. The third-order valence-electron chi connectivity index (χ3n) is 5.42. The van der Waals surface area contributed by atoms with Crippen molar-refractivity contribution in [2.75, 3.05) is 46.9 Å². The third kappa shape index (κ3) is 7.01. The molecule has 0 radical (unpaired) electrons. The highest BCUT2D eigenvalue weighted by atomic mass is 127. The van der Waals surface area contributed by atoms with Gasteiger partial charge in [-0.05, 0) is 55.3 Å². The number of likely N-dealkylation sites (tertiary alicyclic amines) is 1. The number of benzene rings is 2. The van der Waals surface area contributed by atoms with Gasteiger partial charge in [-0.2, -0.15) is 0 Å². The molecular weight excluding hydrogens is 519 g/mol. The molecule has 0 aromatic heterocycles. The molecule has 2 aromatic rings. The van der Waals surface area contributed by atoms with Crippen LogP contribution >= 0.6 is 24.0 Å². The average Bonchev–Trinajstić information content (AvgIpc) is 3.31. The maximum atomic E-state index is 12.3. The van der Waals surface area contributed by atoms with Crippen molar-refractivity contribution in [2.45, 2.75) is 19.3 Å². The van der Waals surface area contributed by atoms with E-state index in [1.807, 2.05) is 12.1 Å². The fourth-order valence-corrected chi connectivity index (χ4v) is 3.70. The van der Waals surface area contributed by atoms with E-state index in [9.17, 15) is 4.79 Å². The summed E-state index contributed by atoms with van der Waals surface area (Å²) in [5, 5.41) is 6.30. The minimum absolute atomic E-state index is 0. The minimum atomic E-state index is -0.108. The summed E-state index contributed by atoms with van der Waals surface area (Å²) in [4.78, 5) is 19.3. The summed E-state index contributed by atoms with van der Waals surface area (Å²) in [5.74, 6) is 2.88. The number of hydrogen-bond donors (Lipinski definition) is 2. The molecule has 1 amide bonds. The van der Waals surface area contributed by atoms with Crippen LogP contribution in [-0.2, 0) is 0 Å². The van der Waals surface area contributed by atoms with Crippen molar-refractivity contribution in [1.82, 2.24) is 15.5 Å². The van der Waals surface area contributed by atoms with Gasteiger partial charge < -0.3 is 25.0 Å². The quantitative estimate of drug-likeness (QED) is 0.227. The van der Waals surface area contributed by atoms with Gasteiger partial charge in [0, 0.05) is 37.7 Å². The van der Waals surface area contributed by atoms with E-state index in [0.717, 1.165) is 43.5 Å². The maximum absolute atomic E-state index is 12.3. The molecule has 8 heteroatoms. The van der Waals surface area contributed by atoms with Gasteiger partial charge in [0.2, 0.25) is 0 Å². The van der Waals surface area contributed by atoms with Gasteiger partial charge in [0.15, 0.2) is 5.96 Å². The first-order valence-corrected chi connectivity index (χ1v) is 10.7. The number of amides is 1. The summed E-state index contributed by atoms with van der Waals surface area (Å²) < 4.78 is 10.4. The Balaban J connectivity index is 0.00000363. The molecule has 0 saturated carbocycles. The van der Waals surface area contributed by atoms with E-state index in [2.05, 4.69) is 34.6 Å². The van der Waals surface area contributed by atoms with Crippen LogP contribution < -0.4 is 20.1 Å². The SMILES string of the molecule is CCNC(=NCCNC(=O)c1ccc(OC)cc1)N1CCC(c2ccc(OC)cc2)C1.I. The predicted molar refractivity (Wildman–Crippen MR) is 139 cm³/mol. The van der Waals surface area contributed by atoms with Crippen molar-refractivity contribution in [3.8, 4) is 11.5 Å². The molecule has 2 N–H and O–H groups in total. The summed E-state index contributed by atoms with van der Waals surface area (Å²) in [6.45, 7) is 5.76. The highest BCUT2D eigenvalue weighted by molar-refractivity contribution is 14.0. The number of nitrogens with zero attached hydrogens (tertiary/aromatic N) is 2. The van der Waals surface area contributed by atoms with Crippen molar-refractivity contribution >= 4 is 35.8 Å². The zero-order chi connectivity index (χ0) is 22.1. The van der Waals surface area contributed by atoms with Crippen LogP contribution in [0.25, 0.3) is 0 Å². The maximum Gasteiger partial charge on any atom is 0.251 e. The first-order valence-electron chi connectivity index (χ1n) is 10.7. The Morgan fingerprint density at radius 1 is 1.03 bits per heavy atom. The van der Waals surface area contributed by atoms with Crippen molar-refractivity contribution in [3.05, 3.63) is 59.7 Å². The summed E-state index contributed by atoms with van der Waals surface area (Å²) in [6, 6.07) is 15.4. The van der Waals surface area contributed by atoms with Crippen LogP contribution in [0, 0.1) is 0 Å². The first kappa shape index (κ1) is 25.8. The molecule has 1 aliphatic heterocycles. The van der Waals surface area contributed by atoms with Crippen LogP contribution in [0.3, 0.4) is 0 Å². The summed E-state index contributed by atoms with van der Waals surface area (Å²) in [7, 11) is 3.29. The molecule has 0 bridgehead atoms. The number of guanidine groups is 1. The fraction of sp³-hybridized carbons (Fsp3) is 0.417. The fourth-order valence-electron chi connectivity index (χ4n) is 3.70. The Hall–Kier alpha value is -2.49. The van der Waals surface area contributed by atoms with Gasteiger partial charge in [-0.3, -0.25) is 9.79 Å². The summed E-state index contributed by atoms with van der Waals surface area (Å²) >= 11 is 0. The van der Waals surface area contributed by atoms with Crippen LogP contribution in [0.5, 0.6) is 11.5 Å². The van der Waals surface area contributed by atoms with Crippen molar-refractivity contribution in [3.63, 3.8) is 0 Å². The first-order chi connectivity index (χ1) is 15.1. The molecule has 174 valence electrons. The number of halogens is 1. The van der Waals surface area contributed by atoms with Gasteiger partial charge in [-0.15, -0.1) is 24.0 Å². The highest BCUT2D eigenvalue weighted by Gasteiger charge is 2.26. The van der Waals surface area contributed by atoms with Crippen molar-refractivity contribution in [2.24, 2.45) is 4.99 Å². The molecule has 1 fully saturated rings. The molecular formula is C24H33IN4O3. The molecule has 1 heterocycles. The lowest BCUT2D eigenvalue weighted by atomic mass is 9.98. The van der Waals surface area contributed by atoms with Gasteiger partial charge in [-0.25, -0.2) is 0 Å². The lowest BCUT2D eigenvalue weighted by Crippen LogP contribution is -2.40. The van der Waals surface area contributed by atoms with Crippen LogP contribution in [0.2, 0.25) is 0 Å². The molecule has 0 spiro atoms. The molecule has 7 nitrogen and oxygen atoms in total. The van der Waals surface area contributed by atoms with Crippen molar-refractivity contribution in [1.29, 1.82) is 0 Å². The second-order valence-electron chi connectivity index (χ2n) is 7.42. The standard InChI is InChI=1S/C24H32N4O3.HI/c1-4-25-24(27-15-14-26-23(29)19-7-11-22(31-3)12-8-19)28-16-13-20(17-28)18-5-9-21(30-2)10-6-18;/h5-12,20H,4,13-17H2,1-3H3,(H,25,27)(H,26,29);1H. The average molecular weight is 552 g/mol. The van der Waals surface area contributed by atoms with E-state index in [-0.39, 0.29) is 29.9 Å². The molecule has 3 rings (SSSR count). The third-order valence-corrected chi connectivity index (χ3v) is 5.42. The molecule has 0 aliphatic carbocycles. The van der Waals surface area contributed by atoms with Crippen LogP contribution in [0.1, 0.15) is 35.2 Å². The number of carbonyl (C=O) groups is 1. The van der Waals surface area contributed by atoms with Gasteiger partial charge in [-0.1, -0.05) is 12.1 Å². The Kier molecular flexibility index (Phi) is 10.6. The van der Waals surface area contributed by atoms with Crippen LogP contribution in [0.4, 0.5) is 0 Å². The van der Waals surface area contributed by atoms with Crippen molar-refractivity contribution < 1.29 is 14.3 Å². The molecule has 32 heavy (non-hydrogen) atoms. The van der Waals surface area contributed by atoms with Crippen LogP contribution in [-0.4, -0.2) is 63.7 Å². The lowest BCUT2D eigenvalue weighted by molar-refractivity contribution is 0.0954. The number of carbonyl (C=O) groups excluding carboxylic acids is 1. The highest BCUT2D eigenvalue weighted by Crippen LogP contribution is 2.28. The van der Waals surface area contributed by atoms with Gasteiger partial charge in [0.05, 0.1) is 20.8 Å². The van der Waals surface area contributed by atoms with Gasteiger partial charge >= 0.3 is 0 Å². The molecule has 2 aromatic carbocycles. The number of nitrogens with one attached hydrogen (secondary N) is 2. The second-order valence-corrected chi connectivity index (χ2v) is 7.42. The lowest BCUT2D eigenvalue weighted by Gasteiger charge is -2.22. The van der Waals surface area contributed by atoms with Crippen LogP contribution in [0.15, 0.2) is 53.5 Å². The molecule has 1 saturated heterocycles. The van der Waals surface area contributed by atoms with E-state index in [1.54, 1.807) is 38.5 Å². The largest absolute Gasteiger partial charge is 0.497 e. The number of ether oxygens (including phenoxy) is 2. The van der Waals surface area contributed by atoms with E-state index in [4.69, 9.17) is 14.5 Å². The number of methoxy groups -OCH3 is 2. The second kappa shape index (κ2) is 13.1. The smallest absolute Gasteiger partial charge is 0.251 e. The van der Waals surface area contributed by atoms with E-state index in [0.29, 0.717) is 24.6 Å². The number of hydrogen-bond acceptors (Lipinski definition) is 4. The van der Waals surface area contributed by atoms with Gasteiger partial charge in [0.1, 0.15) is 11.5 Å². The Bertz CT molecular complexity index is 872. The van der Waals surface area contributed by atoms with Gasteiger partial charge in [0.25, 0.3) is 5.91 Å². The number of aliphatic imine (C=N–C) groups is 1.